The molecule has 0 amide bonds. The van der Waals surface area contributed by atoms with Gasteiger partial charge in [-0.3, -0.25) is 0 Å². The molecule has 6 aliphatic rings. The number of rotatable bonds is 10. The maximum Gasteiger partial charge on any atom is 0.403 e. The summed E-state index contributed by atoms with van der Waals surface area (Å²) in [7, 11) is 0. The van der Waals surface area contributed by atoms with E-state index in [1.807, 2.05) is 13.8 Å². The number of fused-ring (bicyclic) bond motifs is 3. The van der Waals surface area contributed by atoms with Gasteiger partial charge in [0.25, 0.3) is 0 Å². The average molecular weight is 1570 g/mol. The highest BCUT2D eigenvalue weighted by atomic mass is 19.4. The van der Waals surface area contributed by atoms with E-state index in [-0.39, 0.29) is 42.9 Å². The third kappa shape index (κ3) is 47.6. The fourth-order valence-corrected chi connectivity index (χ4v) is 14.8. The summed E-state index contributed by atoms with van der Waals surface area (Å²) in [6.45, 7) is 89.3. The van der Waals surface area contributed by atoms with Gasteiger partial charge in [0.2, 0.25) is 0 Å². The fraction of sp³-hybridized carbons (Fsp3) is 1.00. The van der Waals surface area contributed by atoms with Gasteiger partial charge in [-0.2, -0.15) is 52.7 Å². The smallest absolute Gasteiger partial charge is 0.244 e. The molecule has 1 spiro atoms. The molecule has 14 heteroatoms. The zero-order valence-corrected chi connectivity index (χ0v) is 78.4. The zero-order valence-electron chi connectivity index (χ0n) is 78.4. The molecule has 6 saturated carbocycles. The Labute approximate surface area is 658 Å². The molecule has 0 saturated heterocycles. The van der Waals surface area contributed by atoms with Crippen molar-refractivity contribution in [2.75, 3.05) is 0 Å². The molecule has 2 bridgehead atoms. The van der Waals surface area contributed by atoms with Crippen molar-refractivity contribution in [3.05, 3.63) is 0 Å². The fourth-order valence-electron chi connectivity index (χ4n) is 14.8. The summed E-state index contributed by atoms with van der Waals surface area (Å²) >= 11 is 0. The Bertz CT molecular complexity index is 2090. The number of hydrogen-bond donors (Lipinski definition) is 0. The molecular weight excluding hydrogens is 1380 g/mol. The Hall–Kier alpha value is -0.980. The van der Waals surface area contributed by atoms with E-state index in [0.29, 0.717) is 68.5 Å². The van der Waals surface area contributed by atoms with Gasteiger partial charge in [0, 0.05) is 0 Å². The molecule has 0 heterocycles. The molecule has 107 heavy (non-hydrogen) atoms. The predicted molar refractivity (Wildman–Crippen MR) is 443 cm³/mol. The van der Waals surface area contributed by atoms with Gasteiger partial charge in [-0.1, -0.05) is 314 Å². The van der Waals surface area contributed by atoms with Crippen LogP contribution in [0.5, 0.6) is 0 Å². The lowest BCUT2D eigenvalue weighted by Crippen LogP contribution is -2.53. The van der Waals surface area contributed by atoms with Crippen molar-refractivity contribution in [1.29, 1.82) is 0 Å². The molecule has 0 aromatic rings. The molecule has 654 valence electrons. The van der Waals surface area contributed by atoms with Gasteiger partial charge in [0.15, 0.2) is 10.8 Å². The zero-order chi connectivity index (χ0) is 87.1. The summed E-state index contributed by atoms with van der Waals surface area (Å²) in [5.41, 5.74) is -4.84. The second-order valence-corrected chi connectivity index (χ2v) is 43.6. The normalized spacial score (nSPS) is 21.0. The Balaban J connectivity index is -0.000000269. The minimum atomic E-state index is -5.20. The van der Waals surface area contributed by atoms with Crippen LogP contribution in [0.2, 0.25) is 0 Å². The summed E-state index contributed by atoms with van der Waals surface area (Å²) in [5.74, 6) is 5.33. The molecule has 0 aromatic heterocycles. The standard InChI is InChI=1S/C14H20F6.C10H21F.C10H18.C10H22.C9H12F6.C9H20.2C7H16.C6H13F.C6H14.C5H12/c1-10-2-4-11(5-3-10)6-8-12(9-7-11,13(15,16)17)14(18,19)20;1-7(2)9(8(3)4)10(5,6)11;1-8-7-9-3-5-10(8,2)6-4-9;1-7-10(6,8-2)9(3,4)5;1-6-2-4-7(5-3-6,8(10,11)12)9(13,14)15;1-6-8(7-2)9(3,4)5;1-6(2)7(3,4)5;1-5-6-7(2,3)4;1-4-6(3,7)5-2;1-5-6(2,3)4;1-5(2,3)4/h10H,2-9H2,1H3;7-9H,1-6H3;8-9H,3-7H2,1-2H3;7-8H2,1-6H3;6H,2-5H2,1H3;8H,6-7H2,1-5H3;6H,1-5H3;5-6H2,1-4H3;4-5H2,1-3H3;5H2,1-4H3;1-4H3/t;;8-,9?,10?;;;;;;;;/m..0......../s1. The molecule has 0 radical (unpaired) electrons. The van der Waals surface area contributed by atoms with Crippen molar-refractivity contribution in [3.63, 3.8) is 0 Å². The summed E-state index contributed by atoms with van der Waals surface area (Å²) < 4.78 is 179. The maximum atomic E-state index is 13.6. The minimum Gasteiger partial charge on any atom is -0.244 e. The SMILES string of the molecule is CC(C)(C)C.CC(C)C(C(C)C)C(C)(C)F.CC(C)C(C)(C)C.CC1CCC(C(F)(F)F)(C(F)(F)F)CC1.CC1CCC2(CC1)CCC(C(F)(F)F)(C(F)(F)F)CC2.CCC(C)(C)C.CCC(C)(CC)C(C)(C)C.CCC(C)(F)CC.CCC(CC)C(C)(C)C.CCCC(C)(C)C.C[C@H]1CC2CCC1(C)CC2. The molecule has 0 aliphatic heterocycles. The van der Waals surface area contributed by atoms with Crippen LogP contribution in [-0.2, 0) is 0 Å². The van der Waals surface area contributed by atoms with Crippen LogP contribution >= 0.6 is 0 Å². The van der Waals surface area contributed by atoms with Gasteiger partial charge in [-0.05, 0) is 238 Å². The molecular formula is C93H184F14. The van der Waals surface area contributed by atoms with Crippen molar-refractivity contribution in [1.82, 2.24) is 0 Å². The van der Waals surface area contributed by atoms with E-state index in [1.54, 1.807) is 27.7 Å². The Morgan fingerprint density at radius 3 is 0.776 bits per heavy atom. The minimum absolute atomic E-state index is 0.0149. The van der Waals surface area contributed by atoms with Gasteiger partial charge in [0.1, 0.15) is 11.3 Å². The van der Waals surface area contributed by atoms with Crippen LogP contribution in [0.4, 0.5) is 61.5 Å². The number of halogens is 14. The van der Waals surface area contributed by atoms with Crippen LogP contribution in [0, 0.1) is 113 Å². The van der Waals surface area contributed by atoms with Gasteiger partial charge >= 0.3 is 24.7 Å². The summed E-state index contributed by atoms with van der Waals surface area (Å²) in [6, 6.07) is 0. The van der Waals surface area contributed by atoms with Crippen molar-refractivity contribution < 1.29 is 61.5 Å². The molecule has 1 atom stereocenters. The molecule has 0 nitrogen and oxygen atoms in total. The average Bonchev–Trinajstić information content (AvgIpc) is 0.750. The summed E-state index contributed by atoms with van der Waals surface area (Å²) in [6.07, 6.45) is -2.57. The molecule has 0 aromatic carbocycles. The van der Waals surface area contributed by atoms with Gasteiger partial charge in [-0.25, -0.2) is 8.78 Å². The van der Waals surface area contributed by atoms with Gasteiger partial charge in [0.05, 0.1) is 0 Å². The summed E-state index contributed by atoms with van der Waals surface area (Å²) in [5, 5.41) is 0. The lowest BCUT2D eigenvalue weighted by Gasteiger charge is -2.49. The van der Waals surface area contributed by atoms with Crippen LogP contribution in [0.25, 0.3) is 0 Å². The van der Waals surface area contributed by atoms with E-state index in [1.165, 1.54) is 77.0 Å². The first kappa shape index (κ1) is 117. The quantitative estimate of drug-likeness (QED) is 0.191. The van der Waals surface area contributed by atoms with Crippen LogP contribution in [0.3, 0.4) is 0 Å². The first-order valence-corrected chi connectivity index (χ1v) is 42.8. The van der Waals surface area contributed by atoms with Gasteiger partial charge < -0.3 is 0 Å². The third-order valence-electron chi connectivity index (χ3n) is 26.0. The van der Waals surface area contributed by atoms with E-state index >= 15 is 0 Å². The highest BCUT2D eigenvalue weighted by molar-refractivity contribution is 5.02. The first-order valence-electron chi connectivity index (χ1n) is 42.8. The van der Waals surface area contributed by atoms with E-state index < -0.39 is 72.6 Å². The third-order valence-corrected chi connectivity index (χ3v) is 26.0. The second kappa shape index (κ2) is 47.9. The Morgan fingerprint density at radius 2 is 0.654 bits per heavy atom. The predicted octanol–water partition coefficient (Wildman–Crippen LogP) is 36.9. The van der Waals surface area contributed by atoms with E-state index in [2.05, 4.69) is 242 Å². The lowest BCUT2D eigenvalue weighted by molar-refractivity contribution is -0.354. The monoisotopic (exact) mass is 1570 g/mol. The van der Waals surface area contributed by atoms with Crippen LogP contribution in [-0.4, -0.2) is 36.0 Å². The highest BCUT2D eigenvalue weighted by Gasteiger charge is 2.72. The van der Waals surface area contributed by atoms with E-state index in [0.717, 1.165) is 54.8 Å². The first-order chi connectivity index (χ1) is 47.2. The van der Waals surface area contributed by atoms with Crippen molar-refractivity contribution >= 4 is 0 Å². The highest BCUT2D eigenvalue weighted by Crippen LogP contribution is 2.64. The molecule has 0 N–H and O–H groups in total. The summed E-state index contributed by atoms with van der Waals surface area (Å²) in [4.78, 5) is 0. The molecule has 0 unspecified atom stereocenters. The molecule has 6 aliphatic carbocycles. The maximum absolute atomic E-state index is 13.6. The van der Waals surface area contributed by atoms with E-state index in [4.69, 9.17) is 0 Å². The number of hydrogen-bond acceptors (Lipinski definition) is 0. The van der Waals surface area contributed by atoms with Crippen LogP contribution in [0.1, 0.15) is 451 Å². The molecule has 6 rings (SSSR count). The van der Waals surface area contributed by atoms with Crippen molar-refractivity contribution in [3.8, 4) is 0 Å². The van der Waals surface area contributed by atoms with Crippen LogP contribution < -0.4 is 0 Å². The topological polar surface area (TPSA) is 0 Å². The second-order valence-electron chi connectivity index (χ2n) is 43.6. The Kier molecular flexibility index (Phi) is 52.3. The largest absolute Gasteiger partial charge is 0.403 e. The van der Waals surface area contributed by atoms with Crippen molar-refractivity contribution in [2.45, 2.75) is 487 Å². The van der Waals surface area contributed by atoms with Crippen molar-refractivity contribution in [2.24, 2.45) is 113 Å². The lowest BCUT2D eigenvalue weighted by atomic mass is 9.57. The number of alkyl halides is 14. The molecule has 6 fully saturated rings. The van der Waals surface area contributed by atoms with Gasteiger partial charge in [-0.15, -0.1) is 0 Å². The Morgan fingerprint density at radius 1 is 0.364 bits per heavy atom. The van der Waals surface area contributed by atoms with E-state index in [9.17, 15) is 61.5 Å². The van der Waals surface area contributed by atoms with Crippen LogP contribution in [0.15, 0.2) is 0 Å².